The zero-order chi connectivity index (χ0) is 33.7. The van der Waals surface area contributed by atoms with Crippen LogP contribution in [0.25, 0.3) is 0 Å². The maximum Gasteiger partial charge on any atom is 0.101 e. The molecular weight excluding hydrogens is 569 g/mol. The average Bonchev–Trinajstić information content (AvgIpc) is 3.47. The lowest BCUT2D eigenvalue weighted by Crippen LogP contribution is -2.39. The number of hydrogen-bond donors (Lipinski definition) is 0. The molecule has 1 heterocycles. The minimum Gasteiger partial charge on any atom is -0.356 e. The van der Waals surface area contributed by atoms with E-state index in [0.29, 0.717) is 6.17 Å². The molecular formula is C45H90N2. The van der Waals surface area contributed by atoms with E-state index in [1.54, 1.807) is 0 Å². The van der Waals surface area contributed by atoms with E-state index in [4.69, 9.17) is 0 Å². The molecule has 280 valence electrons. The van der Waals surface area contributed by atoms with Crippen molar-refractivity contribution < 1.29 is 0 Å². The fourth-order valence-corrected chi connectivity index (χ4v) is 7.78. The van der Waals surface area contributed by atoms with Crippen LogP contribution >= 0.6 is 0 Å². The molecule has 0 aromatic carbocycles. The molecule has 1 atom stereocenters. The van der Waals surface area contributed by atoms with Crippen molar-refractivity contribution in [2.75, 3.05) is 13.1 Å². The van der Waals surface area contributed by atoms with Gasteiger partial charge in [0.15, 0.2) is 0 Å². The molecule has 1 unspecified atom stereocenters. The van der Waals surface area contributed by atoms with Crippen LogP contribution in [-0.2, 0) is 0 Å². The van der Waals surface area contributed by atoms with E-state index in [-0.39, 0.29) is 0 Å². The lowest BCUT2D eigenvalue weighted by atomic mass is 10.0. The van der Waals surface area contributed by atoms with Crippen LogP contribution in [0.4, 0.5) is 0 Å². The van der Waals surface area contributed by atoms with E-state index < -0.39 is 0 Å². The van der Waals surface area contributed by atoms with Crippen molar-refractivity contribution in [3.63, 3.8) is 0 Å². The summed E-state index contributed by atoms with van der Waals surface area (Å²) in [6.07, 6.45) is 58.9. The molecule has 0 fully saturated rings. The Hall–Kier alpha value is -0.660. The molecule has 0 aromatic heterocycles. The highest BCUT2D eigenvalue weighted by Gasteiger charge is 2.24. The van der Waals surface area contributed by atoms with Crippen molar-refractivity contribution in [1.82, 2.24) is 9.80 Å². The Morgan fingerprint density at radius 3 is 0.745 bits per heavy atom. The van der Waals surface area contributed by atoms with E-state index >= 15 is 0 Å². The lowest BCUT2D eigenvalue weighted by Gasteiger charge is -2.33. The lowest BCUT2D eigenvalue weighted by molar-refractivity contribution is 0.135. The van der Waals surface area contributed by atoms with Gasteiger partial charge in [0.05, 0.1) is 0 Å². The molecule has 2 heteroatoms. The topological polar surface area (TPSA) is 6.48 Å². The van der Waals surface area contributed by atoms with Crippen molar-refractivity contribution in [3.05, 3.63) is 12.4 Å². The first-order valence-corrected chi connectivity index (χ1v) is 22.5. The molecule has 0 spiro atoms. The van der Waals surface area contributed by atoms with Gasteiger partial charge < -0.3 is 9.80 Å². The first-order valence-electron chi connectivity index (χ1n) is 22.5. The summed E-state index contributed by atoms with van der Waals surface area (Å²) in [4.78, 5) is 5.46. The smallest absolute Gasteiger partial charge is 0.101 e. The third kappa shape index (κ3) is 28.8. The monoisotopic (exact) mass is 659 g/mol. The quantitative estimate of drug-likeness (QED) is 0.0606. The maximum absolute atomic E-state index is 2.73. The third-order valence-electron chi connectivity index (χ3n) is 11.1. The van der Waals surface area contributed by atoms with E-state index in [9.17, 15) is 0 Å². The Kier molecular flexibility index (Phi) is 34.6. The molecule has 0 amide bonds. The average molecular weight is 659 g/mol. The Labute approximate surface area is 299 Å². The Morgan fingerprint density at radius 1 is 0.277 bits per heavy atom. The predicted octanol–water partition coefficient (Wildman–Crippen LogP) is 15.9. The van der Waals surface area contributed by atoms with Crippen LogP contribution in [-0.4, -0.2) is 29.1 Å². The summed E-state index contributed by atoms with van der Waals surface area (Å²) in [5.74, 6) is 0. The van der Waals surface area contributed by atoms with Gasteiger partial charge in [0.2, 0.25) is 0 Å². The molecule has 0 radical (unpaired) electrons. The van der Waals surface area contributed by atoms with Gasteiger partial charge >= 0.3 is 0 Å². The normalized spacial score (nSPS) is 14.7. The third-order valence-corrected chi connectivity index (χ3v) is 11.1. The first kappa shape index (κ1) is 44.4. The molecule has 0 bridgehead atoms. The summed E-state index contributed by atoms with van der Waals surface area (Å²) in [5.41, 5.74) is 0. The molecule has 0 N–H and O–H groups in total. The van der Waals surface area contributed by atoms with Gasteiger partial charge in [-0.3, -0.25) is 0 Å². The minimum atomic E-state index is 0.638. The van der Waals surface area contributed by atoms with Crippen LogP contribution in [0.2, 0.25) is 0 Å². The van der Waals surface area contributed by atoms with E-state index in [0.717, 1.165) is 0 Å². The summed E-state index contributed by atoms with van der Waals surface area (Å²) in [6, 6.07) is 0. The number of nitrogens with zero attached hydrogens (tertiary/aromatic N) is 2. The zero-order valence-corrected chi connectivity index (χ0v) is 33.2. The van der Waals surface area contributed by atoms with Crippen molar-refractivity contribution in [1.29, 1.82) is 0 Å². The molecule has 0 aromatic rings. The highest BCUT2D eigenvalue weighted by atomic mass is 15.4. The number of rotatable bonds is 39. The largest absolute Gasteiger partial charge is 0.356 e. The molecule has 2 nitrogen and oxygen atoms in total. The van der Waals surface area contributed by atoms with Crippen LogP contribution in [0.3, 0.4) is 0 Å². The van der Waals surface area contributed by atoms with Gasteiger partial charge in [-0.05, 0) is 25.7 Å². The predicted molar refractivity (Wildman–Crippen MR) is 214 cm³/mol. The van der Waals surface area contributed by atoms with Gasteiger partial charge in [0.25, 0.3) is 0 Å². The van der Waals surface area contributed by atoms with Crippen LogP contribution in [0.5, 0.6) is 0 Å². The molecule has 47 heavy (non-hydrogen) atoms. The van der Waals surface area contributed by atoms with Crippen LogP contribution < -0.4 is 0 Å². The van der Waals surface area contributed by atoms with Crippen LogP contribution in [0.1, 0.15) is 258 Å². The molecule has 1 aliphatic rings. The van der Waals surface area contributed by atoms with Crippen molar-refractivity contribution in [2.45, 2.75) is 265 Å². The van der Waals surface area contributed by atoms with Gasteiger partial charge in [-0.2, -0.15) is 0 Å². The molecule has 1 aliphatic heterocycles. The second kappa shape index (κ2) is 36.6. The summed E-state index contributed by atoms with van der Waals surface area (Å²) >= 11 is 0. The summed E-state index contributed by atoms with van der Waals surface area (Å²) in [7, 11) is 0. The van der Waals surface area contributed by atoms with Gasteiger partial charge in [0, 0.05) is 25.5 Å². The second-order valence-corrected chi connectivity index (χ2v) is 15.7. The van der Waals surface area contributed by atoms with Gasteiger partial charge in [-0.25, -0.2) is 0 Å². The molecule has 0 saturated carbocycles. The number of hydrogen-bond acceptors (Lipinski definition) is 2. The van der Waals surface area contributed by atoms with E-state index in [1.807, 2.05) is 0 Å². The maximum atomic E-state index is 2.73. The zero-order valence-electron chi connectivity index (χ0n) is 33.2. The fourth-order valence-electron chi connectivity index (χ4n) is 7.78. The van der Waals surface area contributed by atoms with Gasteiger partial charge in [-0.15, -0.1) is 0 Å². The molecule has 1 rings (SSSR count). The second-order valence-electron chi connectivity index (χ2n) is 15.7. The van der Waals surface area contributed by atoms with Crippen LogP contribution in [0, 0.1) is 0 Å². The van der Waals surface area contributed by atoms with E-state index in [1.165, 1.54) is 251 Å². The summed E-state index contributed by atoms with van der Waals surface area (Å²) < 4.78 is 0. The van der Waals surface area contributed by atoms with Crippen molar-refractivity contribution in [2.24, 2.45) is 0 Å². The Bertz CT molecular complexity index is 615. The minimum absolute atomic E-state index is 0.638. The Balaban J connectivity index is 2.22. The molecule has 0 aliphatic carbocycles. The summed E-state index contributed by atoms with van der Waals surface area (Å²) in [5, 5.41) is 0. The van der Waals surface area contributed by atoms with Crippen molar-refractivity contribution >= 4 is 0 Å². The van der Waals surface area contributed by atoms with E-state index in [2.05, 4.69) is 43.0 Å². The number of unbranched alkanes of at least 4 members (excludes halogenated alkanes) is 33. The Morgan fingerprint density at radius 2 is 0.489 bits per heavy atom. The SMILES string of the molecule is CCCCCCCCCCCCCCCC1N(CCCCCCCCCCCCC)C=CN1CCCCCCCCCCCCCC. The van der Waals surface area contributed by atoms with Gasteiger partial charge in [-0.1, -0.05) is 233 Å². The highest BCUT2D eigenvalue weighted by Crippen LogP contribution is 2.24. The van der Waals surface area contributed by atoms with Crippen molar-refractivity contribution in [3.8, 4) is 0 Å². The van der Waals surface area contributed by atoms with Crippen LogP contribution in [0.15, 0.2) is 12.4 Å². The highest BCUT2D eigenvalue weighted by molar-refractivity contribution is 4.97. The van der Waals surface area contributed by atoms with Gasteiger partial charge in [0.1, 0.15) is 6.17 Å². The summed E-state index contributed by atoms with van der Waals surface area (Å²) in [6.45, 7) is 9.49. The first-order chi connectivity index (χ1) is 23.3. The standard InChI is InChI=1S/C45H90N2/c1-4-7-10-13-16-19-22-24-25-28-31-34-37-40-45-46(41-38-35-32-29-26-21-18-15-12-9-6-3)43-44-47(45)42-39-36-33-30-27-23-20-17-14-11-8-5-2/h43-45H,4-42H2,1-3H3. The fraction of sp³-hybridized carbons (Fsp3) is 0.956. The molecule has 0 saturated heterocycles.